The molecule has 0 aromatic heterocycles. The fourth-order valence-electron chi connectivity index (χ4n) is 2.51. The van der Waals surface area contributed by atoms with E-state index < -0.39 is 5.91 Å². The predicted molar refractivity (Wildman–Crippen MR) is 89.7 cm³/mol. The van der Waals surface area contributed by atoms with Crippen molar-refractivity contribution in [2.75, 3.05) is 26.2 Å². The molecule has 0 bridgehead atoms. The number of amides is 2. The Balaban J connectivity index is 1.65. The predicted octanol–water partition coefficient (Wildman–Crippen LogP) is 0.975. The van der Waals surface area contributed by atoms with Gasteiger partial charge in [-0.3, -0.25) is 25.3 Å². The molecule has 2 atom stereocenters. The number of ether oxygens (including phenoxy) is 2. The van der Waals surface area contributed by atoms with Crippen molar-refractivity contribution in [3.8, 4) is 5.75 Å². The molecular formula is C16H22ClN3O4. The van der Waals surface area contributed by atoms with Crippen molar-refractivity contribution in [3.63, 3.8) is 0 Å². The molecule has 2 rings (SSSR count). The van der Waals surface area contributed by atoms with Crippen LogP contribution in [-0.2, 0) is 14.3 Å². The Morgan fingerprint density at radius 2 is 1.75 bits per heavy atom. The summed E-state index contributed by atoms with van der Waals surface area (Å²) in [4.78, 5) is 25.5. The Bertz CT molecular complexity index is 557. The number of hydrogen-bond acceptors (Lipinski definition) is 5. The van der Waals surface area contributed by atoms with Crippen molar-refractivity contribution in [1.82, 2.24) is 15.8 Å². The van der Waals surface area contributed by atoms with E-state index in [-0.39, 0.29) is 31.3 Å². The van der Waals surface area contributed by atoms with Crippen LogP contribution in [0.2, 0.25) is 5.02 Å². The van der Waals surface area contributed by atoms with Gasteiger partial charge in [-0.15, -0.1) is 0 Å². The smallest absolute Gasteiger partial charge is 0.276 e. The third kappa shape index (κ3) is 6.35. The normalized spacial score (nSPS) is 21.1. The van der Waals surface area contributed by atoms with Crippen molar-refractivity contribution in [1.29, 1.82) is 0 Å². The highest BCUT2D eigenvalue weighted by Gasteiger charge is 2.23. The van der Waals surface area contributed by atoms with Crippen LogP contribution in [0.25, 0.3) is 0 Å². The maximum atomic E-state index is 11.9. The summed E-state index contributed by atoms with van der Waals surface area (Å²) < 4.78 is 10.9. The maximum absolute atomic E-state index is 11.9. The standard InChI is InChI=1S/C16H22ClN3O4/c1-11-7-20(8-12(2)24-11)9-15(21)18-19-16(22)10-23-14-5-3-13(17)4-6-14/h3-6,11-12H,7-10H2,1-2H3,(H,18,21)(H,19,22)/t11-,12-/m0/s1. The summed E-state index contributed by atoms with van der Waals surface area (Å²) in [5.74, 6) is -0.199. The van der Waals surface area contributed by atoms with Crippen LogP contribution in [0.15, 0.2) is 24.3 Å². The minimum absolute atomic E-state index is 0.0870. The zero-order chi connectivity index (χ0) is 17.5. The molecule has 132 valence electrons. The van der Waals surface area contributed by atoms with Crippen molar-refractivity contribution in [3.05, 3.63) is 29.3 Å². The number of carbonyl (C=O) groups is 2. The van der Waals surface area contributed by atoms with E-state index in [1.807, 2.05) is 18.7 Å². The van der Waals surface area contributed by atoms with Gasteiger partial charge in [0.2, 0.25) is 0 Å². The Morgan fingerprint density at radius 1 is 1.17 bits per heavy atom. The van der Waals surface area contributed by atoms with E-state index in [1.165, 1.54) is 0 Å². The van der Waals surface area contributed by atoms with Gasteiger partial charge < -0.3 is 9.47 Å². The highest BCUT2D eigenvalue weighted by Crippen LogP contribution is 2.15. The molecule has 8 heteroatoms. The van der Waals surface area contributed by atoms with Gasteiger partial charge in [0.15, 0.2) is 6.61 Å². The lowest BCUT2D eigenvalue weighted by Crippen LogP contribution is -2.52. The second kappa shape index (κ2) is 8.86. The van der Waals surface area contributed by atoms with E-state index in [4.69, 9.17) is 21.1 Å². The molecule has 0 saturated carbocycles. The van der Waals surface area contributed by atoms with Crippen molar-refractivity contribution < 1.29 is 19.1 Å². The van der Waals surface area contributed by atoms with Crippen LogP contribution in [-0.4, -0.2) is 55.2 Å². The molecule has 1 aromatic rings. The van der Waals surface area contributed by atoms with Crippen molar-refractivity contribution in [2.24, 2.45) is 0 Å². The highest BCUT2D eigenvalue weighted by atomic mass is 35.5. The first-order valence-corrected chi connectivity index (χ1v) is 8.14. The number of rotatable bonds is 5. The molecule has 0 unspecified atom stereocenters. The molecule has 2 N–H and O–H groups in total. The molecule has 1 aliphatic rings. The Labute approximate surface area is 146 Å². The van der Waals surface area contributed by atoms with Crippen LogP contribution in [0.5, 0.6) is 5.75 Å². The van der Waals surface area contributed by atoms with Gasteiger partial charge in [0.1, 0.15) is 5.75 Å². The van der Waals surface area contributed by atoms with E-state index >= 15 is 0 Å². The first-order valence-electron chi connectivity index (χ1n) is 7.76. The maximum Gasteiger partial charge on any atom is 0.276 e. The summed E-state index contributed by atoms with van der Waals surface area (Å²) in [6.07, 6.45) is 0.174. The van der Waals surface area contributed by atoms with Crippen molar-refractivity contribution >= 4 is 23.4 Å². The van der Waals surface area contributed by atoms with Gasteiger partial charge in [-0.05, 0) is 38.1 Å². The number of hydrazine groups is 1. The molecule has 0 radical (unpaired) electrons. The van der Waals surface area contributed by atoms with E-state index in [0.29, 0.717) is 23.9 Å². The minimum Gasteiger partial charge on any atom is -0.484 e. The molecule has 0 spiro atoms. The van der Waals surface area contributed by atoms with Gasteiger partial charge in [0, 0.05) is 18.1 Å². The van der Waals surface area contributed by atoms with Gasteiger partial charge >= 0.3 is 0 Å². The highest BCUT2D eigenvalue weighted by molar-refractivity contribution is 6.30. The number of nitrogens with one attached hydrogen (secondary N) is 2. The summed E-state index contributed by atoms with van der Waals surface area (Å²) >= 11 is 5.76. The SMILES string of the molecule is C[C@H]1CN(CC(=O)NNC(=O)COc2ccc(Cl)cc2)C[C@H](C)O1. The van der Waals surface area contributed by atoms with Crippen LogP contribution in [0.3, 0.4) is 0 Å². The average Bonchev–Trinajstić information content (AvgIpc) is 2.51. The molecule has 1 aromatic carbocycles. The molecule has 2 amide bonds. The molecule has 7 nitrogen and oxygen atoms in total. The van der Waals surface area contributed by atoms with Crippen LogP contribution < -0.4 is 15.6 Å². The summed E-state index contributed by atoms with van der Waals surface area (Å²) in [6.45, 7) is 5.31. The molecule has 1 heterocycles. The first kappa shape index (κ1) is 18.5. The number of halogens is 1. The fourth-order valence-corrected chi connectivity index (χ4v) is 2.64. The van der Waals surface area contributed by atoms with Gasteiger partial charge in [-0.25, -0.2) is 0 Å². The third-order valence-corrected chi connectivity index (χ3v) is 3.64. The lowest BCUT2D eigenvalue weighted by Gasteiger charge is -2.34. The molecule has 1 aliphatic heterocycles. The third-order valence-electron chi connectivity index (χ3n) is 3.39. The topological polar surface area (TPSA) is 79.9 Å². The molecule has 1 saturated heterocycles. The minimum atomic E-state index is -0.443. The lowest BCUT2D eigenvalue weighted by molar-refractivity contribution is -0.132. The Kier molecular flexibility index (Phi) is 6.84. The number of carbonyl (C=O) groups excluding carboxylic acids is 2. The number of hydrogen-bond donors (Lipinski definition) is 2. The van der Waals surface area contributed by atoms with Crippen molar-refractivity contribution in [2.45, 2.75) is 26.1 Å². The van der Waals surface area contributed by atoms with Gasteiger partial charge in [-0.2, -0.15) is 0 Å². The second-order valence-corrected chi connectivity index (χ2v) is 6.23. The van der Waals surface area contributed by atoms with E-state index in [0.717, 1.165) is 0 Å². The van der Waals surface area contributed by atoms with Crippen LogP contribution in [0, 0.1) is 0 Å². The molecule has 1 fully saturated rings. The lowest BCUT2D eigenvalue weighted by atomic mass is 10.2. The van der Waals surface area contributed by atoms with Gasteiger partial charge in [0.05, 0.1) is 18.8 Å². The Morgan fingerprint density at radius 3 is 2.38 bits per heavy atom. The summed E-state index contributed by atoms with van der Waals surface area (Å²) in [5, 5.41) is 0.589. The van der Waals surface area contributed by atoms with Crippen LogP contribution in [0.1, 0.15) is 13.8 Å². The molecule has 0 aliphatic carbocycles. The summed E-state index contributed by atoms with van der Waals surface area (Å²) in [5.41, 5.74) is 4.71. The van der Waals surface area contributed by atoms with Gasteiger partial charge in [0.25, 0.3) is 11.8 Å². The zero-order valence-corrected chi connectivity index (χ0v) is 14.5. The van der Waals surface area contributed by atoms with E-state index in [2.05, 4.69) is 10.9 Å². The van der Waals surface area contributed by atoms with E-state index in [9.17, 15) is 9.59 Å². The molecule has 24 heavy (non-hydrogen) atoms. The quantitative estimate of drug-likeness (QED) is 0.769. The van der Waals surface area contributed by atoms with Crippen LogP contribution >= 0.6 is 11.6 Å². The largest absolute Gasteiger partial charge is 0.484 e. The monoisotopic (exact) mass is 355 g/mol. The Hall–Kier alpha value is -1.83. The number of benzene rings is 1. The molecular weight excluding hydrogens is 334 g/mol. The van der Waals surface area contributed by atoms with Crippen LogP contribution in [0.4, 0.5) is 0 Å². The zero-order valence-electron chi connectivity index (χ0n) is 13.8. The number of nitrogens with zero attached hydrogens (tertiary/aromatic N) is 1. The summed E-state index contributed by atoms with van der Waals surface area (Å²) in [6, 6.07) is 6.66. The summed E-state index contributed by atoms with van der Waals surface area (Å²) in [7, 11) is 0. The van der Waals surface area contributed by atoms with Gasteiger partial charge in [-0.1, -0.05) is 11.6 Å². The number of morpholine rings is 1. The van der Waals surface area contributed by atoms with E-state index in [1.54, 1.807) is 24.3 Å². The first-order chi connectivity index (χ1) is 11.4. The fraction of sp³-hybridized carbons (Fsp3) is 0.500. The average molecular weight is 356 g/mol. The second-order valence-electron chi connectivity index (χ2n) is 5.79.